The van der Waals surface area contributed by atoms with Gasteiger partial charge in [-0.1, -0.05) is 36.4 Å². The highest BCUT2D eigenvalue weighted by atomic mass is 32.2. The topological polar surface area (TPSA) is 85.6 Å². The molecule has 0 atom stereocenters. The van der Waals surface area contributed by atoms with Gasteiger partial charge in [0.25, 0.3) is 0 Å². The minimum atomic E-state index is -3.87. The zero-order valence-corrected chi connectivity index (χ0v) is 25.3. The van der Waals surface area contributed by atoms with Crippen LogP contribution in [0.5, 0.6) is 5.75 Å². The van der Waals surface area contributed by atoms with Gasteiger partial charge in [-0.25, -0.2) is 8.42 Å². The number of nitriles is 1. The summed E-state index contributed by atoms with van der Waals surface area (Å²) in [5.41, 5.74) is 2.64. The van der Waals surface area contributed by atoms with Crippen LogP contribution in [-0.2, 0) is 18.1 Å². The third-order valence-electron chi connectivity index (χ3n) is 4.42. The summed E-state index contributed by atoms with van der Waals surface area (Å²) in [6, 6.07) is 16.7. The largest absolute Gasteiger partial charge is 0.490 e. The summed E-state index contributed by atoms with van der Waals surface area (Å²) in [6.45, 7) is 15.4. The number of hydrogen-bond donors (Lipinski definition) is 0. The lowest BCUT2D eigenvalue weighted by atomic mass is 10.2. The molecule has 0 radical (unpaired) electrons. The Hall–Kier alpha value is -2.27. The highest BCUT2D eigenvalue weighted by molar-refractivity contribution is 7.95. The molecule has 0 saturated carbocycles. The van der Waals surface area contributed by atoms with Crippen LogP contribution in [-0.4, -0.2) is 40.2 Å². The van der Waals surface area contributed by atoms with E-state index < -0.39 is 35.0 Å². The zero-order valence-electron chi connectivity index (χ0n) is 21.5. The first kappa shape index (κ1) is 29.0. The van der Waals surface area contributed by atoms with E-state index in [9.17, 15) is 13.7 Å². The molecule has 0 N–H and O–H groups in total. The lowest BCUT2D eigenvalue weighted by molar-refractivity contribution is 0.361. The normalized spacial score (nSPS) is 13.6. The number of rotatable bonds is 11. The second-order valence-corrected chi connectivity index (χ2v) is 24.5. The van der Waals surface area contributed by atoms with Gasteiger partial charge in [0.1, 0.15) is 23.3 Å². The number of allylic oxidation sites excluding steroid dienone is 1. The van der Waals surface area contributed by atoms with Crippen LogP contribution in [0.2, 0.25) is 45.8 Å². The Kier molecular flexibility index (Phi) is 9.64. The van der Waals surface area contributed by atoms with Crippen LogP contribution in [0.15, 0.2) is 76.2 Å². The molecule has 0 aliphatic heterocycles. The van der Waals surface area contributed by atoms with Crippen LogP contribution < -0.4 is 4.74 Å². The monoisotopic (exact) mass is 545 g/mol. The van der Waals surface area contributed by atoms with Crippen LogP contribution >= 0.6 is 0 Å². The summed E-state index contributed by atoms with van der Waals surface area (Å²) in [4.78, 5) is -0.222. The van der Waals surface area contributed by atoms with Gasteiger partial charge in [0, 0.05) is 0 Å². The van der Waals surface area contributed by atoms with Gasteiger partial charge < -0.3 is 13.0 Å². The molecule has 2 rings (SSSR count). The first-order valence-corrected chi connectivity index (χ1v) is 22.1. The molecule has 0 bridgehead atoms. The van der Waals surface area contributed by atoms with Crippen molar-refractivity contribution in [3.63, 3.8) is 0 Å². The minimum Gasteiger partial charge on any atom is -0.490 e. The van der Waals surface area contributed by atoms with E-state index in [0.29, 0.717) is 17.9 Å². The maximum atomic E-state index is 12.7. The van der Waals surface area contributed by atoms with Gasteiger partial charge in [-0.15, -0.1) is 0 Å². The Morgan fingerprint density at radius 2 is 1.43 bits per heavy atom. The molecule has 0 spiro atoms. The van der Waals surface area contributed by atoms with Crippen molar-refractivity contribution in [1.82, 2.24) is 0 Å². The molecule has 0 heterocycles. The Labute approximate surface area is 213 Å². The van der Waals surface area contributed by atoms with Crippen molar-refractivity contribution in [3.8, 4) is 11.8 Å². The summed E-state index contributed by atoms with van der Waals surface area (Å²) in [5.74, 6) is 0.636. The average Bonchev–Trinajstić information content (AvgIpc) is 2.74. The number of sulfone groups is 1. The smallest absolute Gasteiger partial charge is 0.341 e. The van der Waals surface area contributed by atoms with Crippen LogP contribution in [0, 0.1) is 11.3 Å². The number of hydrogen-bond acceptors (Lipinski definition) is 6. The lowest BCUT2D eigenvalue weighted by Gasteiger charge is -2.36. The van der Waals surface area contributed by atoms with Crippen molar-refractivity contribution in [3.05, 3.63) is 76.8 Å². The Balaban J connectivity index is 2.09. The maximum absolute atomic E-state index is 12.7. The molecule has 2 aromatic carbocycles. The van der Waals surface area contributed by atoms with Gasteiger partial charge in [-0.3, -0.25) is 0 Å². The second-order valence-electron chi connectivity index (χ2n) is 10.2. The molecule has 0 aliphatic rings. The average molecular weight is 546 g/mol. The summed E-state index contributed by atoms with van der Waals surface area (Å²) >= 11 is 0. The van der Waals surface area contributed by atoms with Gasteiger partial charge in [0.15, 0.2) is 16.6 Å². The highest BCUT2D eigenvalue weighted by Crippen LogP contribution is 2.23. The molecule has 0 unspecified atom stereocenters. The van der Waals surface area contributed by atoms with Crippen LogP contribution in [0.3, 0.4) is 0 Å². The molecule has 35 heavy (non-hydrogen) atoms. The molecule has 0 amide bonds. The second kappa shape index (κ2) is 11.6. The van der Waals surface area contributed by atoms with E-state index in [4.69, 9.17) is 13.0 Å². The first-order chi connectivity index (χ1) is 16.1. The van der Waals surface area contributed by atoms with Crippen molar-refractivity contribution in [1.29, 1.82) is 5.26 Å². The standard InChI is InChI=1S/C25H35NO5SSi3/c1-33(2,3)30-35(7,31-34(4,5)6)19-11-18-29-23-16-14-22(15-17-23)20-25(21-26)32(27,28)24-12-9-8-10-13-24/h8-17,19-20H,18H2,1-7H3. The SMILES string of the molecule is C[Si](C)(C)O[Si](C)(C=CCOc1ccc(C=C(C#N)S(=O)(=O)c2ccccc2)cc1)O[Si](C)(C)C. The summed E-state index contributed by atoms with van der Waals surface area (Å²) in [5, 5.41) is 9.45. The molecule has 6 nitrogen and oxygen atoms in total. The van der Waals surface area contributed by atoms with Crippen molar-refractivity contribution in [2.24, 2.45) is 0 Å². The number of benzene rings is 2. The van der Waals surface area contributed by atoms with Crippen LogP contribution in [0.25, 0.3) is 6.08 Å². The van der Waals surface area contributed by atoms with Crippen molar-refractivity contribution in [2.75, 3.05) is 6.61 Å². The van der Waals surface area contributed by atoms with E-state index >= 15 is 0 Å². The fourth-order valence-electron chi connectivity index (χ4n) is 3.42. The third kappa shape index (κ3) is 9.72. The lowest BCUT2D eigenvalue weighted by Crippen LogP contribution is -2.51. The predicted molar refractivity (Wildman–Crippen MR) is 149 cm³/mol. The minimum absolute atomic E-state index is 0.0892. The molecule has 0 aliphatic carbocycles. The fourth-order valence-corrected chi connectivity index (χ4v) is 15.9. The molecule has 10 heteroatoms. The molecule has 0 fully saturated rings. The number of nitrogens with zero attached hydrogens (tertiary/aromatic N) is 1. The van der Waals surface area contributed by atoms with Gasteiger partial charge in [0.2, 0.25) is 9.84 Å². The molecule has 2 aromatic rings. The quantitative estimate of drug-likeness (QED) is 0.244. The van der Waals surface area contributed by atoms with Crippen molar-refractivity contribution >= 4 is 41.1 Å². The van der Waals surface area contributed by atoms with Crippen molar-refractivity contribution in [2.45, 2.75) is 50.7 Å². The Morgan fingerprint density at radius 1 is 0.886 bits per heavy atom. The highest BCUT2D eigenvalue weighted by Gasteiger charge is 2.38. The van der Waals surface area contributed by atoms with Gasteiger partial charge in [-0.05, 0) is 87.4 Å². The van der Waals surface area contributed by atoms with E-state index in [2.05, 4.69) is 45.8 Å². The number of ether oxygens (including phenoxy) is 1. The van der Waals surface area contributed by atoms with Gasteiger partial charge in [0.05, 0.1) is 4.90 Å². The van der Waals surface area contributed by atoms with Gasteiger partial charge >= 0.3 is 8.56 Å². The van der Waals surface area contributed by atoms with E-state index in [0.717, 1.165) is 0 Å². The third-order valence-corrected chi connectivity index (χ3v) is 15.1. The van der Waals surface area contributed by atoms with Crippen LogP contribution in [0.1, 0.15) is 5.56 Å². The summed E-state index contributed by atoms with van der Waals surface area (Å²) in [7, 11) is -9.90. The molecule has 0 aromatic heterocycles. The van der Waals surface area contributed by atoms with E-state index in [1.165, 1.54) is 18.2 Å². The maximum Gasteiger partial charge on any atom is 0.341 e. The summed E-state index contributed by atoms with van der Waals surface area (Å²) in [6.07, 6.45) is 3.31. The van der Waals surface area contributed by atoms with E-state index in [-0.39, 0.29) is 9.80 Å². The van der Waals surface area contributed by atoms with Gasteiger partial charge in [-0.2, -0.15) is 5.26 Å². The first-order valence-electron chi connectivity index (χ1n) is 11.4. The van der Waals surface area contributed by atoms with E-state index in [1.807, 2.05) is 17.8 Å². The Bertz CT molecular complexity index is 1170. The molecule has 0 saturated heterocycles. The molecular formula is C25H35NO5SSi3. The van der Waals surface area contributed by atoms with E-state index in [1.54, 1.807) is 42.5 Å². The molecule has 188 valence electrons. The van der Waals surface area contributed by atoms with Crippen molar-refractivity contribution < 1.29 is 21.4 Å². The Morgan fingerprint density at radius 3 is 1.91 bits per heavy atom. The predicted octanol–water partition coefficient (Wildman–Crippen LogP) is 6.27. The fraction of sp³-hybridized carbons (Fsp3) is 0.320. The zero-order chi connectivity index (χ0) is 26.3. The summed E-state index contributed by atoms with van der Waals surface area (Å²) < 4.78 is 44.2. The van der Waals surface area contributed by atoms with Crippen LogP contribution in [0.4, 0.5) is 0 Å². The molecular weight excluding hydrogens is 511 g/mol.